The van der Waals surface area contributed by atoms with Crippen molar-refractivity contribution >= 4 is 22.9 Å². The first-order valence-electron chi connectivity index (χ1n) is 9.63. The Morgan fingerprint density at radius 1 is 1.30 bits per heavy atom. The summed E-state index contributed by atoms with van der Waals surface area (Å²) in [5.41, 5.74) is 1.37. The SMILES string of the molecule is CC(=O)OCCn1cc(C(=O)NC2C[C@H]3CC[C@@H](C2)N3C)c2cccnc21. The summed E-state index contributed by atoms with van der Waals surface area (Å²) >= 11 is 0. The molecule has 0 spiro atoms. The summed E-state index contributed by atoms with van der Waals surface area (Å²) in [7, 11) is 2.20. The summed E-state index contributed by atoms with van der Waals surface area (Å²) in [6.07, 6.45) is 8.02. The van der Waals surface area contributed by atoms with Crippen LogP contribution in [0.25, 0.3) is 11.0 Å². The molecule has 144 valence electrons. The molecule has 2 aromatic rings. The van der Waals surface area contributed by atoms with E-state index in [0.717, 1.165) is 23.9 Å². The van der Waals surface area contributed by atoms with E-state index in [1.165, 1.54) is 19.8 Å². The van der Waals surface area contributed by atoms with Crippen LogP contribution in [-0.4, -0.2) is 58.1 Å². The summed E-state index contributed by atoms with van der Waals surface area (Å²) in [6.45, 7) is 2.12. The fourth-order valence-corrected chi connectivity index (χ4v) is 4.55. The van der Waals surface area contributed by atoms with Gasteiger partial charge in [-0.25, -0.2) is 4.98 Å². The minimum Gasteiger partial charge on any atom is -0.464 e. The quantitative estimate of drug-likeness (QED) is 0.814. The van der Waals surface area contributed by atoms with E-state index in [9.17, 15) is 9.59 Å². The highest BCUT2D eigenvalue weighted by Crippen LogP contribution is 2.34. The Morgan fingerprint density at radius 3 is 2.74 bits per heavy atom. The summed E-state index contributed by atoms with van der Waals surface area (Å²) in [5.74, 6) is -0.359. The van der Waals surface area contributed by atoms with Gasteiger partial charge in [0.15, 0.2) is 0 Å². The molecule has 1 N–H and O–H groups in total. The van der Waals surface area contributed by atoms with Gasteiger partial charge >= 0.3 is 5.97 Å². The zero-order valence-electron chi connectivity index (χ0n) is 15.9. The van der Waals surface area contributed by atoms with Crippen molar-refractivity contribution in [1.82, 2.24) is 19.8 Å². The first kappa shape index (κ1) is 18.0. The Hall–Kier alpha value is -2.41. The third-order valence-corrected chi connectivity index (χ3v) is 5.95. The second-order valence-corrected chi connectivity index (χ2v) is 7.64. The van der Waals surface area contributed by atoms with Gasteiger partial charge in [-0.1, -0.05) is 0 Å². The second kappa shape index (κ2) is 7.31. The Kier molecular flexibility index (Phi) is 4.86. The van der Waals surface area contributed by atoms with Crippen LogP contribution in [0.4, 0.5) is 0 Å². The summed E-state index contributed by atoms with van der Waals surface area (Å²) in [4.78, 5) is 30.9. The maximum absolute atomic E-state index is 13.0. The average Bonchev–Trinajstić information content (AvgIpc) is 3.08. The van der Waals surface area contributed by atoms with Crippen LogP contribution in [0, 0.1) is 0 Å². The summed E-state index contributed by atoms with van der Waals surface area (Å²) in [6, 6.07) is 5.15. The normalized spacial score (nSPS) is 24.9. The number of piperidine rings is 1. The van der Waals surface area contributed by atoms with E-state index in [2.05, 4.69) is 22.2 Å². The van der Waals surface area contributed by atoms with E-state index in [1.807, 2.05) is 22.9 Å². The lowest BCUT2D eigenvalue weighted by Gasteiger charge is -2.36. The molecule has 2 aliphatic heterocycles. The smallest absolute Gasteiger partial charge is 0.302 e. The number of nitrogens with zero attached hydrogens (tertiary/aromatic N) is 3. The molecule has 3 atom stereocenters. The van der Waals surface area contributed by atoms with E-state index >= 15 is 0 Å². The molecule has 1 amide bonds. The number of aromatic nitrogens is 2. The molecule has 2 aromatic heterocycles. The van der Waals surface area contributed by atoms with Crippen molar-refractivity contribution in [3.63, 3.8) is 0 Å². The van der Waals surface area contributed by atoms with Crippen LogP contribution in [0.1, 0.15) is 43.0 Å². The van der Waals surface area contributed by atoms with Gasteiger partial charge in [0.05, 0.1) is 12.1 Å². The van der Waals surface area contributed by atoms with Crippen LogP contribution < -0.4 is 5.32 Å². The zero-order chi connectivity index (χ0) is 19.0. The largest absolute Gasteiger partial charge is 0.464 e. The van der Waals surface area contributed by atoms with Crippen molar-refractivity contribution < 1.29 is 14.3 Å². The monoisotopic (exact) mass is 370 g/mol. The van der Waals surface area contributed by atoms with Crippen LogP contribution in [-0.2, 0) is 16.1 Å². The van der Waals surface area contributed by atoms with Crippen LogP contribution >= 0.6 is 0 Å². The van der Waals surface area contributed by atoms with E-state index in [0.29, 0.717) is 24.2 Å². The predicted octanol–water partition coefficient (Wildman–Crippen LogP) is 1.95. The summed E-state index contributed by atoms with van der Waals surface area (Å²) in [5, 5.41) is 4.07. The van der Waals surface area contributed by atoms with Gasteiger partial charge < -0.3 is 19.5 Å². The van der Waals surface area contributed by atoms with E-state index in [-0.39, 0.29) is 24.5 Å². The number of hydrogen-bond acceptors (Lipinski definition) is 5. The number of fused-ring (bicyclic) bond motifs is 3. The molecule has 4 rings (SSSR count). The lowest BCUT2D eigenvalue weighted by molar-refractivity contribution is -0.141. The molecule has 2 bridgehead atoms. The predicted molar refractivity (Wildman–Crippen MR) is 101 cm³/mol. The fraction of sp³-hybridized carbons (Fsp3) is 0.550. The van der Waals surface area contributed by atoms with Crippen LogP contribution in [0.15, 0.2) is 24.5 Å². The molecular weight excluding hydrogens is 344 g/mol. The first-order valence-corrected chi connectivity index (χ1v) is 9.63. The Balaban J connectivity index is 1.51. The molecule has 2 fully saturated rings. The van der Waals surface area contributed by atoms with Gasteiger partial charge in [0, 0.05) is 42.8 Å². The minimum atomic E-state index is -0.311. The van der Waals surface area contributed by atoms with Crippen LogP contribution in [0.2, 0.25) is 0 Å². The fourth-order valence-electron chi connectivity index (χ4n) is 4.55. The van der Waals surface area contributed by atoms with Gasteiger partial charge in [0.1, 0.15) is 12.3 Å². The van der Waals surface area contributed by atoms with Gasteiger partial charge in [0.25, 0.3) is 5.91 Å². The number of carbonyl (C=O) groups is 2. The zero-order valence-corrected chi connectivity index (χ0v) is 15.9. The molecule has 1 unspecified atom stereocenters. The molecule has 0 aliphatic carbocycles. The number of amides is 1. The lowest BCUT2D eigenvalue weighted by Crippen LogP contribution is -2.48. The van der Waals surface area contributed by atoms with Crippen molar-refractivity contribution in [3.8, 4) is 0 Å². The number of ether oxygens (including phenoxy) is 1. The highest BCUT2D eigenvalue weighted by molar-refractivity contribution is 6.06. The van der Waals surface area contributed by atoms with Crippen molar-refractivity contribution in [2.24, 2.45) is 0 Å². The Bertz CT molecular complexity index is 848. The maximum atomic E-state index is 13.0. The standard InChI is InChI=1S/C20H26N4O3/c1-13(25)27-9-8-24-12-18(17-4-3-7-21-19(17)24)20(26)22-14-10-15-5-6-16(11-14)23(15)2/h3-4,7,12,14-16H,5-6,8-11H2,1-2H3,(H,22,26)/t14?,15-,16+. The molecule has 0 saturated carbocycles. The lowest BCUT2D eigenvalue weighted by atomic mass is 9.97. The number of nitrogens with one attached hydrogen (secondary N) is 1. The van der Waals surface area contributed by atoms with Crippen molar-refractivity contribution in [1.29, 1.82) is 0 Å². The molecule has 2 saturated heterocycles. The topological polar surface area (TPSA) is 76.5 Å². The molecule has 27 heavy (non-hydrogen) atoms. The third kappa shape index (κ3) is 3.56. The van der Waals surface area contributed by atoms with E-state index in [4.69, 9.17) is 4.74 Å². The molecule has 0 aromatic carbocycles. The van der Waals surface area contributed by atoms with Gasteiger partial charge in [-0.2, -0.15) is 0 Å². The Morgan fingerprint density at radius 2 is 2.04 bits per heavy atom. The number of rotatable bonds is 5. The van der Waals surface area contributed by atoms with Crippen molar-refractivity contribution in [3.05, 3.63) is 30.1 Å². The third-order valence-electron chi connectivity index (χ3n) is 5.95. The van der Waals surface area contributed by atoms with Crippen molar-refractivity contribution in [2.75, 3.05) is 13.7 Å². The van der Waals surface area contributed by atoms with Gasteiger partial charge in [0.2, 0.25) is 0 Å². The highest BCUT2D eigenvalue weighted by atomic mass is 16.5. The molecule has 4 heterocycles. The van der Waals surface area contributed by atoms with Crippen molar-refractivity contribution in [2.45, 2.75) is 57.3 Å². The first-order chi connectivity index (χ1) is 13.0. The molecule has 0 radical (unpaired) electrons. The molecule has 7 heteroatoms. The maximum Gasteiger partial charge on any atom is 0.302 e. The molecular formula is C20H26N4O3. The van der Waals surface area contributed by atoms with Crippen LogP contribution in [0.5, 0.6) is 0 Å². The number of pyridine rings is 1. The molecule has 7 nitrogen and oxygen atoms in total. The highest BCUT2D eigenvalue weighted by Gasteiger charge is 2.39. The van der Waals surface area contributed by atoms with E-state index < -0.39 is 0 Å². The Labute approximate surface area is 158 Å². The van der Waals surface area contributed by atoms with Crippen LogP contribution in [0.3, 0.4) is 0 Å². The number of carbonyl (C=O) groups excluding carboxylic acids is 2. The van der Waals surface area contributed by atoms with Gasteiger partial charge in [-0.15, -0.1) is 0 Å². The average molecular weight is 370 g/mol. The number of esters is 1. The molecule has 2 aliphatic rings. The number of hydrogen-bond donors (Lipinski definition) is 1. The minimum absolute atomic E-state index is 0.0480. The second-order valence-electron chi connectivity index (χ2n) is 7.64. The van der Waals surface area contributed by atoms with Gasteiger partial charge in [-0.05, 0) is 44.9 Å². The summed E-state index contributed by atoms with van der Waals surface area (Å²) < 4.78 is 6.91. The van der Waals surface area contributed by atoms with Gasteiger partial charge in [-0.3, -0.25) is 9.59 Å². The van der Waals surface area contributed by atoms with E-state index in [1.54, 1.807) is 6.20 Å².